The number of hydrogen-bond donors (Lipinski definition) is 0. The minimum absolute atomic E-state index is 0.254. The number of aryl methyl sites for hydroxylation is 2. The number of amidine groups is 1. The van der Waals surface area contributed by atoms with E-state index in [0.717, 1.165) is 27.5 Å². The Bertz CT molecular complexity index is 1980. The molecule has 0 N–H and O–H groups in total. The summed E-state index contributed by atoms with van der Waals surface area (Å²) in [5.41, 5.74) is 4.74. The highest BCUT2D eigenvalue weighted by Gasteiger charge is 2.35. The number of halogens is 4. The molecule has 4 nitrogen and oxygen atoms in total. The molecule has 6 rings (SSSR count). The van der Waals surface area contributed by atoms with Crippen LogP contribution in [-0.2, 0) is 11.4 Å². The van der Waals surface area contributed by atoms with Gasteiger partial charge in [-0.25, -0.2) is 4.99 Å². The molecule has 0 radical (unpaired) electrons. The van der Waals surface area contributed by atoms with Crippen molar-refractivity contribution in [2.24, 2.45) is 4.99 Å². The minimum Gasteiger partial charge on any atom is -0.486 e. The Morgan fingerprint density at radius 1 is 0.795 bits per heavy atom. The third-order valence-electron chi connectivity index (χ3n) is 7.17. The second kappa shape index (κ2) is 12.9. The lowest BCUT2D eigenvalue weighted by Crippen LogP contribution is -2.28. The van der Waals surface area contributed by atoms with Gasteiger partial charge in [0, 0.05) is 10.0 Å². The average Bonchev–Trinajstić information content (AvgIpc) is 3.29. The summed E-state index contributed by atoms with van der Waals surface area (Å²) in [7, 11) is 0. The number of nitrogens with zero attached hydrogens (tertiary/aromatic N) is 2. The molecule has 0 spiro atoms. The zero-order valence-corrected chi connectivity index (χ0v) is 27.4. The number of carbonyl (C=O) groups excluding carboxylic acids is 1. The van der Waals surface area contributed by atoms with Gasteiger partial charge in [0.2, 0.25) is 0 Å². The average molecular weight is 678 g/mol. The summed E-state index contributed by atoms with van der Waals surface area (Å²) >= 11 is 27.4. The molecule has 1 aliphatic rings. The Kier molecular flexibility index (Phi) is 8.95. The summed E-state index contributed by atoms with van der Waals surface area (Å²) in [6.07, 6.45) is 1.74. The fourth-order valence-corrected chi connectivity index (χ4v) is 6.74. The maximum atomic E-state index is 13.8. The van der Waals surface area contributed by atoms with Gasteiger partial charge in [0.1, 0.15) is 6.61 Å². The van der Waals surface area contributed by atoms with Crippen molar-refractivity contribution in [2.45, 2.75) is 20.5 Å². The van der Waals surface area contributed by atoms with E-state index in [1.165, 1.54) is 11.8 Å². The van der Waals surface area contributed by atoms with Crippen LogP contribution < -0.4 is 9.64 Å². The highest BCUT2D eigenvalue weighted by atomic mass is 35.5. The van der Waals surface area contributed by atoms with E-state index in [-0.39, 0.29) is 5.91 Å². The molecule has 5 aromatic rings. The van der Waals surface area contributed by atoms with Crippen molar-refractivity contribution >= 4 is 97.5 Å². The quantitative estimate of drug-likeness (QED) is 0.168. The second-order valence-corrected chi connectivity index (χ2v) is 12.9. The summed E-state index contributed by atoms with van der Waals surface area (Å²) in [4.78, 5) is 20.6. The standard InChI is InChI=1S/C35H24Cl4N2O2S/c1-20-10-12-25(17-28(20)36)40-35-41(26-13-11-21(2)29(37)18-26)34(42)32(44-35)16-22-14-30(38)33(31(39)15-22)43-19-24-8-5-7-23-6-3-4-9-27(23)24/h3-18H,19H2,1-2H3/b32-16+,40-35?. The van der Waals surface area contributed by atoms with E-state index in [0.29, 0.717) is 59.5 Å². The summed E-state index contributed by atoms with van der Waals surface area (Å²) in [6.45, 7) is 4.13. The number of anilines is 1. The molecule has 220 valence electrons. The summed E-state index contributed by atoms with van der Waals surface area (Å²) in [6, 6.07) is 28.6. The minimum atomic E-state index is -0.254. The SMILES string of the molecule is Cc1ccc(N=C2S/C(=C/c3cc(Cl)c(OCc4cccc5ccccc45)c(Cl)c3)C(=O)N2c2ccc(C)c(Cl)c2)cc1Cl. The van der Waals surface area contributed by atoms with Crippen LogP contribution in [0.15, 0.2) is 101 Å². The summed E-state index contributed by atoms with van der Waals surface area (Å²) < 4.78 is 6.10. The van der Waals surface area contributed by atoms with Crippen LogP contribution in [0.25, 0.3) is 16.8 Å². The first-order valence-electron chi connectivity index (χ1n) is 13.6. The molecule has 0 aliphatic carbocycles. The van der Waals surface area contributed by atoms with Gasteiger partial charge in [-0.3, -0.25) is 9.69 Å². The van der Waals surface area contributed by atoms with Gasteiger partial charge in [-0.1, -0.05) is 101 Å². The van der Waals surface area contributed by atoms with Gasteiger partial charge in [0.15, 0.2) is 10.9 Å². The van der Waals surface area contributed by atoms with Crippen molar-refractivity contribution in [2.75, 3.05) is 4.90 Å². The molecule has 5 aromatic carbocycles. The van der Waals surface area contributed by atoms with Crippen LogP contribution in [0.4, 0.5) is 11.4 Å². The third-order valence-corrected chi connectivity index (χ3v) is 9.52. The number of ether oxygens (including phenoxy) is 1. The van der Waals surface area contributed by atoms with Crippen molar-refractivity contribution in [1.29, 1.82) is 0 Å². The summed E-state index contributed by atoms with van der Waals surface area (Å²) in [5.74, 6) is 0.124. The van der Waals surface area contributed by atoms with Gasteiger partial charge >= 0.3 is 0 Å². The van der Waals surface area contributed by atoms with E-state index < -0.39 is 0 Å². The number of amides is 1. The van der Waals surface area contributed by atoms with Crippen LogP contribution >= 0.6 is 58.2 Å². The van der Waals surface area contributed by atoms with E-state index >= 15 is 0 Å². The van der Waals surface area contributed by atoms with Crippen molar-refractivity contribution in [3.8, 4) is 5.75 Å². The molecule has 1 saturated heterocycles. The van der Waals surface area contributed by atoms with Gasteiger partial charge in [-0.15, -0.1) is 0 Å². The van der Waals surface area contributed by atoms with Gasteiger partial charge in [0.05, 0.1) is 26.3 Å². The van der Waals surface area contributed by atoms with Crippen LogP contribution in [0.3, 0.4) is 0 Å². The Balaban J connectivity index is 1.32. The van der Waals surface area contributed by atoms with E-state index in [9.17, 15) is 4.79 Å². The number of carbonyl (C=O) groups is 1. The lowest BCUT2D eigenvalue weighted by molar-refractivity contribution is -0.113. The van der Waals surface area contributed by atoms with Gasteiger partial charge < -0.3 is 4.74 Å². The summed E-state index contributed by atoms with van der Waals surface area (Å²) in [5, 5.41) is 4.51. The van der Waals surface area contributed by atoms with Crippen molar-refractivity contribution in [1.82, 2.24) is 0 Å². The van der Waals surface area contributed by atoms with Crippen LogP contribution in [0.5, 0.6) is 5.75 Å². The van der Waals surface area contributed by atoms with Gasteiger partial charge in [-0.05, 0) is 101 Å². The van der Waals surface area contributed by atoms with Crippen LogP contribution in [-0.4, -0.2) is 11.1 Å². The molecule has 1 amide bonds. The lowest BCUT2D eigenvalue weighted by Gasteiger charge is -2.16. The molecule has 9 heteroatoms. The highest BCUT2D eigenvalue weighted by molar-refractivity contribution is 8.19. The normalized spacial score (nSPS) is 15.1. The van der Waals surface area contributed by atoms with Crippen molar-refractivity contribution in [3.63, 3.8) is 0 Å². The zero-order valence-electron chi connectivity index (χ0n) is 23.6. The Morgan fingerprint density at radius 2 is 1.48 bits per heavy atom. The molecule has 44 heavy (non-hydrogen) atoms. The predicted molar refractivity (Wildman–Crippen MR) is 187 cm³/mol. The van der Waals surface area contributed by atoms with Crippen molar-refractivity contribution in [3.05, 3.63) is 138 Å². The molecular weight excluding hydrogens is 654 g/mol. The first-order chi connectivity index (χ1) is 21.2. The molecule has 0 bridgehead atoms. The fraction of sp³-hybridized carbons (Fsp3) is 0.0857. The van der Waals surface area contributed by atoms with E-state index in [1.54, 1.807) is 35.2 Å². The van der Waals surface area contributed by atoms with Crippen LogP contribution in [0.1, 0.15) is 22.3 Å². The molecule has 1 fully saturated rings. The molecular formula is C35H24Cl4N2O2S. The molecule has 1 aliphatic heterocycles. The number of thioether (sulfide) groups is 1. The smallest absolute Gasteiger partial charge is 0.271 e. The highest BCUT2D eigenvalue weighted by Crippen LogP contribution is 2.41. The molecule has 0 unspecified atom stereocenters. The molecule has 0 atom stereocenters. The van der Waals surface area contributed by atoms with Crippen molar-refractivity contribution < 1.29 is 9.53 Å². The number of hydrogen-bond acceptors (Lipinski definition) is 4. The van der Waals surface area contributed by atoms with E-state index in [2.05, 4.69) is 18.2 Å². The monoisotopic (exact) mass is 676 g/mol. The number of aliphatic imine (C=N–C) groups is 1. The van der Waals surface area contributed by atoms with E-state index in [4.69, 9.17) is 56.1 Å². The van der Waals surface area contributed by atoms with E-state index in [1.807, 2.05) is 62.4 Å². The first-order valence-corrected chi connectivity index (χ1v) is 15.9. The van der Waals surface area contributed by atoms with Gasteiger partial charge in [-0.2, -0.15) is 0 Å². The maximum absolute atomic E-state index is 13.8. The Morgan fingerprint density at radius 3 is 2.20 bits per heavy atom. The largest absolute Gasteiger partial charge is 0.486 e. The Hall–Kier alpha value is -3.45. The fourth-order valence-electron chi connectivity index (χ4n) is 4.78. The number of rotatable bonds is 6. The Labute approximate surface area is 279 Å². The maximum Gasteiger partial charge on any atom is 0.271 e. The van der Waals surface area contributed by atoms with Crippen LogP contribution in [0, 0.1) is 13.8 Å². The topological polar surface area (TPSA) is 41.9 Å². The molecule has 0 saturated carbocycles. The first kappa shape index (κ1) is 30.6. The number of benzene rings is 5. The third kappa shape index (κ3) is 6.35. The predicted octanol–water partition coefficient (Wildman–Crippen LogP) is 11.5. The van der Waals surface area contributed by atoms with Gasteiger partial charge in [0.25, 0.3) is 5.91 Å². The molecule has 0 aromatic heterocycles. The van der Waals surface area contributed by atoms with Crippen LogP contribution in [0.2, 0.25) is 20.1 Å². The zero-order chi connectivity index (χ0) is 31.0. The lowest BCUT2D eigenvalue weighted by atomic mass is 10.1. The number of fused-ring (bicyclic) bond motifs is 1. The molecule has 1 heterocycles. The second-order valence-electron chi connectivity index (χ2n) is 10.3.